The molecule has 0 saturated carbocycles. The van der Waals surface area contributed by atoms with Gasteiger partial charge in [-0.2, -0.15) is 0 Å². The number of carboxylic acid groups (broad SMARTS) is 1. The summed E-state index contributed by atoms with van der Waals surface area (Å²) in [7, 11) is 0. The number of aromatic carboxylic acids is 1. The molecule has 0 radical (unpaired) electrons. The van der Waals surface area contributed by atoms with E-state index in [-0.39, 0.29) is 4.88 Å². The molecule has 0 aliphatic carbocycles. The van der Waals surface area contributed by atoms with Gasteiger partial charge in [-0.1, -0.05) is 5.92 Å². The SMILES string of the molecule is CC#CC(=O)Nc1cc(C)c(C(=O)O)s1. The fourth-order valence-electron chi connectivity index (χ4n) is 1.01. The molecular formula is C10H9NO3S. The minimum atomic E-state index is -0.987. The second kappa shape index (κ2) is 4.62. The molecule has 15 heavy (non-hydrogen) atoms. The van der Waals surface area contributed by atoms with Crippen LogP contribution in [-0.2, 0) is 4.79 Å². The highest BCUT2D eigenvalue weighted by atomic mass is 32.1. The van der Waals surface area contributed by atoms with E-state index in [1.165, 1.54) is 0 Å². The fourth-order valence-corrected chi connectivity index (χ4v) is 1.92. The monoisotopic (exact) mass is 223 g/mol. The average molecular weight is 223 g/mol. The zero-order valence-electron chi connectivity index (χ0n) is 8.25. The van der Waals surface area contributed by atoms with Gasteiger partial charge in [0.05, 0.1) is 5.00 Å². The second-order valence-electron chi connectivity index (χ2n) is 2.76. The highest BCUT2D eigenvalue weighted by molar-refractivity contribution is 7.18. The molecule has 0 aliphatic heterocycles. The van der Waals surface area contributed by atoms with Crippen molar-refractivity contribution in [2.45, 2.75) is 13.8 Å². The van der Waals surface area contributed by atoms with Gasteiger partial charge < -0.3 is 10.4 Å². The van der Waals surface area contributed by atoms with Crippen molar-refractivity contribution in [3.05, 3.63) is 16.5 Å². The third-order valence-electron chi connectivity index (χ3n) is 1.59. The third-order valence-corrected chi connectivity index (χ3v) is 2.73. The van der Waals surface area contributed by atoms with Crippen LogP contribution < -0.4 is 5.32 Å². The Balaban J connectivity index is 2.87. The van der Waals surface area contributed by atoms with Gasteiger partial charge in [-0.3, -0.25) is 4.79 Å². The lowest BCUT2D eigenvalue weighted by Gasteiger charge is -1.93. The van der Waals surface area contributed by atoms with Crippen LogP contribution in [0, 0.1) is 18.8 Å². The Bertz CT molecular complexity index is 465. The first kappa shape index (κ1) is 11.3. The third kappa shape index (κ3) is 2.82. The van der Waals surface area contributed by atoms with Crippen LogP contribution >= 0.6 is 11.3 Å². The number of carboxylic acids is 1. The number of nitrogens with one attached hydrogen (secondary N) is 1. The van der Waals surface area contributed by atoms with Crippen LogP contribution in [0.3, 0.4) is 0 Å². The van der Waals surface area contributed by atoms with E-state index in [1.54, 1.807) is 19.9 Å². The Morgan fingerprint density at radius 1 is 1.53 bits per heavy atom. The minimum absolute atomic E-state index is 0.231. The molecule has 0 bridgehead atoms. The molecule has 1 heterocycles. The zero-order valence-corrected chi connectivity index (χ0v) is 9.07. The Hall–Kier alpha value is -1.80. The van der Waals surface area contributed by atoms with Gasteiger partial charge in [0.1, 0.15) is 4.88 Å². The summed E-state index contributed by atoms with van der Waals surface area (Å²) in [6.45, 7) is 3.24. The van der Waals surface area contributed by atoms with Crippen molar-refractivity contribution < 1.29 is 14.7 Å². The first-order valence-electron chi connectivity index (χ1n) is 4.12. The number of amides is 1. The molecule has 4 nitrogen and oxygen atoms in total. The second-order valence-corrected chi connectivity index (χ2v) is 3.81. The Morgan fingerprint density at radius 2 is 2.20 bits per heavy atom. The van der Waals surface area contributed by atoms with Crippen molar-refractivity contribution in [3.8, 4) is 11.8 Å². The molecule has 1 aromatic heterocycles. The minimum Gasteiger partial charge on any atom is -0.477 e. The maximum atomic E-state index is 11.1. The van der Waals surface area contributed by atoms with Gasteiger partial charge in [-0.05, 0) is 31.4 Å². The quantitative estimate of drug-likeness (QED) is 0.750. The molecule has 1 aromatic rings. The highest BCUT2D eigenvalue weighted by Gasteiger charge is 2.12. The molecule has 1 amide bonds. The Labute approximate surface area is 90.9 Å². The molecule has 0 unspecified atom stereocenters. The van der Waals surface area contributed by atoms with Crippen LogP contribution in [0.5, 0.6) is 0 Å². The van der Waals surface area contributed by atoms with Gasteiger partial charge in [0.15, 0.2) is 0 Å². The molecule has 1 rings (SSSR count). The predicted octanol–water partition coefficient (Wildman–Crippen LogP) is 1.72. The van der Waals surface area contributed by atoms with E-state index in [9.17, 15) is 9.59 Å². The molecule has 5 heteroatoms. The smallest absolute Gasteiger partial charge is 0.346 e. The molecular weight excluding hydrogens is 214 g/mol. The van der Waals surface area contributed by atoms with E-state index in [0.29, 0.717) is 10.6 Å². The van der Waals surface area contributed by atoms with Crippen LogP contribution in [0.1, 0.15) is 22.2 Å². The van der Waals surface area contributed by atoms with Crippen molar-refractivity contribution in [3.63, 3.8) is 0 Å². The lowest BCUT2D eigenvalue weighted by atomic mass is 10.3. The summed E-state index contributed by atoms with van der Waals surface area (Å²) in [4.78, 5) is 22.0. The molecule has 78 valence electrons. The summed E-state index contributed by atoms with van der Waals surface area (Å²) >= 11 is 1.02. The summed E-state index contributed by atoms with van der Waals surface area (Å²) in [5.41, 5.74) is 0.632. The number of anilines is 1. The van der Waals surface area contributed by atoms with Crippen molar-refractivity contribution >= 4 is 28.2 Å². The molecule has 0 fully saturated rings. The molecule has 0 spiro atoms. The van der Waals surface area contributed by atoms with E-state index < -0.39 is 11.9 Å². The van der Waals surface area contributed by atoms with Crippen molar-refractivity contribution in [2.75, 3.05) is 5.32 Å². The van der Waals surface area contributed by atoms with Gasteiger partial charge in [0.2, 0.25) is 0 Å². The van der Waals surface area contributed by atoms with E-state index in [0.717, 1.165) is 11.3 Å². The number of aryl methyl sites for hydroxylation is 1. The lowest BCUT2D eigenvalue weighted by molar-refractivity contribution is -0.111. The Morgan fingerprint density at radius 3 is 2.67 bits per heavy atom. The summed E-state index contributed by atoms with van der Waals surface area (Å²) in [6.07, 6.45) is 0. The molecule has 0 saturated heterocycles. The topological polar surface area (TPSA) is 66.4 Å². The normalized spacial score (nSPS) is 8.93. The van der Waals surface area contributed by atoms with E-state index in [1.807, 2.05) is 0 Å². The number of carbonyl (C=O) groups excluding carboxylic acids is 1. The summed E-state index contributed by atoms with van der Waals surface area (Å²) in [5, 5.41) is 11.8. The lowest BCUT2D eigenvalue weighted by Crippen LogP contribution is -2.06. The summed E-state index contributed by atoms with van der Waals surface area (Å²) in [5.74, 6) is 3.35. The fraction of sp³-hybridized carbons (Fsp3) is 0.200. The van der Waals surface area contributed by atoms with Gasteiger partial charge >= 0.3 is 11.9 Å². The zero-order chi connectivity index (χ0) is 11.4. The highest BCUT2D eigenvalue weighted by Crippen LogP contribution is 2.26. The van der Waals surface area contributed by atoms with Crippen molar-refractivity contribution in [1.82, 2.24) is 0 Å². The summed E-state index contributed by atoms with van der Waals surface area (Å²) in [6, 6.07) is 1.61. The molecule has 2 N–H and O–H groups in total. The number of carbonyl (C=O) groups is 2. The van der Waals surface area contributed by atoms with E-state index >= 15 is 0 Å². The molecule has 0 atom stereocenters. The molecule has 0 aromatic carbocycles. The average Bonchev–Trinajstić information content (AvgIpc) is 2.47. The van der Waals surface area contributed by atoms with Crippen LogP contribution in [-0.4, -0.2) is 17.0 Å². The number of hydrogen-bond acceptors (Lipinski definition) is 3. The van der Waals surface area contributed by atoms with Crippen molar-refractivity contribution in [2.24, 2.45) is 0 Å². The van der Waals surface area contributed by atoms with Crippen LogP contribution in [0.4, 0.5) is 5.00 Å². The first-order chi connectivity index (χ1) is 7.04. The number of hydrogen-bond donors (Lipinski definition) is 2. The van der Waals surface area contributed by atoms with Crippen LogP contribution in [0.2, 0.25) is 0 Å². The van der Waals surface area contributed by atoms with Crippen LogP contribution in [0.25, 0.3) is 0 Å². The predicted molar refractivity (Wildman–Crippen MR) is 58.1 cm³/mol. The first-order valence-corrected chi connectivity index (χ1v) is 4.93. The largest absolute Gasteiger partial charge is 0.477 e. The van der Waals surface area contributed by atoms with Gasteiger partial charge in [-0.15, -0.1) is 11.3 Å². The number of thiophene rings is 1. The maximum absolute atomic E-state index is 11.1. The number of rotatable bonds is 2. The van der Waals surface area contributed by atoms with Crippen LogP contribution in [0.15, 0.2) is 6.07 Å². The van der Waals surface area contributed by atoms with Gasteiger partial charge in [0.25, 0.3) is 0 Å². The van der Waals surface area contributed by atoms with Gasteiger partial charge in [0, 0.05) is 0 Å². The maximum Gasteiger partial charge on any atom is 0.346 e. The Kier molecular flexibility index (Phi) is 3.47. The molecule has 0 aliphatic rings. The van der Waals surface area contributed by atoms with E-state index in [4.69, 9.17) is 5.11 Å². The standard InChI is InChI=1S/C10H9NO3S/c1-3-4-7(12)11-8-5-6(2)9(15-8)10(13)14/h5H,1-2H3,(H,11,12)(H,13,14). The van der Waals surface area contributed by atoms with Crippen molar-refractivity contribution in [1.29, 1.82) is 0 Å². The summed E-state index contributed by atoms with van der Waals surface area (Å²) < 4.78 is 0. The van der Waals surface area contributed by atoms with E-state index in [2.05, 4.69) is 17.2 Å². The van der Waals surface area contributed by atoms with Gasteiger partial charge in [-0.25, -0.2) is 4.79 Å².